The lowest BCUT2D eigenvalue weighted by Crippen LogP contribution is -2.28. The van der Waals surface area contributed by atoms with Crippen LogP contribution in [0.1, 0.15) is 56.6 Å². The maximum atomic E-state index is 14.9. The zero-order chi connectivity index (χ0) is 24.3. The number of nitrogen functional groups attached to an aromatic ring is 1. The third-order valence-electron chi connectivity index (χ3n) is 6.16. The maximum Gasteiger partial charge on any atom is 0.220 e. The predicted octanol–water partition coefficient (Wildman–Crippen LogP) is 4.98. The molecule has 0 aliphatic carbocycles. The van der Waals surface area contributed by atoms with E-state index in [1.165, 1.54) is 31.5 Å². The Kier molecular flexibility index (Phi) is 7.62. The molecule has 2 aromatic heterocycles. The number of hydrogen-bond acceptors (Lipinski definition) is 7. The largest absolute Gasteiger partial charge is 0.383 e. The molecular weight excluding hydrogens is 459 g/mol. The second-order valence-corrected chi connectivity index (χ2v) is 9.43. The predicted molar refractivity (Wildman–Crippen MR) is 130 cm³/mol. The van der Waals surface area contributed by atoms with Crippen molar-refractivity contribution in [1.82, 2.24) is 15.0 Å². The second kappa shape index (κ2) is 10.5. The summed E-state index contributed by atoms with van der Waals surface area (Å²) in [6.07, 6.45) is 7.35. The molecule has 3 aromatic rings. The number of ether oxygens (including phenoxy) is 2. The van der Waals surface area contributed by atoms with Crippen LogP contribution >= 0.6 is 11.6 Å². The van der Waals surface area contributed by atoms with Crippen molar-refractivity contribution >= 4 is 28.5 Å². The molecule has 5 rings (SSSR count). The number of nitrogens with zero attached hydrogens (tertiary/aromatic N) is 3. The summed E-state index contributed by atoms with van der Waals surface area (Å²) in [6.45, 7) is 6.65. The molecule has 0 radical (unpaired) electrons. The number of fused-ring (bicyclic) bond motifs is 1. The monoisotopic (exact) mass is 488 g/mol. The van der Waals surface area contributed by atoms with Crippen molar-refractivity contribution in [2.24, 2.45) is 0 Å². The highest BCUT2D eigenvalue weighted by molar-refractivity contribution is 6.33. The third kappa shape index (κ3) is 5.15. The number of pyridine rings is 1. The Balaban J connectivity index is 0.000000398. The Hall–Kier alpha value is -2.39. The Bertz CT molecular complexity index is 1150. The number of aliphatic hydroxyl groups is 1. The van der Waals surface area contributed by atoms with E-state index in [2.05, 4.69) is 15.0 Å². The lowest BCUT2D eigenvalue weighted by molar-refractivity contribution is 0.0221. The van der Waals surface area contributed by atoms with Crippen molar-refractivity contribution in [2.75, 3.05) is 32.2 Å². The lowest BCUT2D eigenvalue weighted by Gasteiger charge is -2.26. The van der Waals surface area contributed by atoms with Gasteiger partial charge in [-0.15, -0.1) is 0 Å². The number of hydrogen-bond donors (Lipinski definition) is 2. The maximum absolute atomic E-state index is 14.9. The fraction of sp³-hybridized carbons (Fsp3) is 0.480. The summed E-state index contributed by atoms with van der Waals surface area (Å²) in [5, 5.41) is 11.9. The average molecular weight is 489 g/mol. The molecule has 0 amide bonds. The van der Waals surface area contributed by atoms with Crippen LogP contribution in [0.5, 0.6) is 0 Å². The van der Waals surface area contributed by atoms with E-state index in [9.17, 15) is 9.50 Å². The molecular formula is C25H30ClFN4O3. The van der Waals surface area contributed by atoms with Gasteiger partial charge in [0.1, 0.15) is 16.9 Å². The molecule has 2 fully saturated rings. The molecule has 7 nitrogen and oxygen atoms in total. The van der Waals surface area contributed by atoms with Gasteiger partial charge >= 0.3 is 0 Å². The molecule has 1 unspecified atom stereocenters. The van der Waals surface area contributed by atoms with Gasteiger partial charge < -0.3 is 20.3 Å². The molecule has 0 spiro atoms. The smallest absolute Gasteiger partial charge is 0.220 e. The molecule has 4 heterocycles. The molecule has 1 aromatic carbocycles. The first-order valence-electron chi connectivity index (χ1n) is 11.6. The van der Waals surface area contributed by atoms with E-state index >= 15 is 0 Å². The molecule has 182 valence electrons. The SMILES string of the molecule is C1CCOCC1.CC(C)c1c(C2(O)CCOC2)cnc2c(F)cc(-c3nc(N)ncc3Cl)cc12. The van der Waals surface area contributed by atoms with Gasteiger partial charge in [0.25, 0.3) is 0 Å². The van der Waals surface area contributed by atoms with Crippen molar-refractivity contribution in [2.45, 2.75) is 51.0 Å². The third-order valence-corrected chi connectivity index (χ3v) is 6.44. The summed E-state index contributed by atoms with van der Waals surface area (Å²) in [5.41, 5.74) is 7.09. The van der Waals surface area contributed by atoms with Crippen LogP contribution in [-0.4, -0.2) is 46.5 Å². The molecule has 1 atom stereocenters. The molecule has 2 aliphatic rings. The van der Waals surface area contributed by atoms with E-state index in [0.717, 1.165) is 18.8 Å². The number of benzene rings is 1. The molecule has 2 aliphatic heterocycles. The van der Waals surface area contributed by atoms with E-state index in [1.807, 2.05) is 13.8 Å². The number of halogens is 2. The van der Waals surface area contributed by atoms with E-state index in [0.29, 0.717) is 35.2 Å². The van der Waals surface area contributed by atoms with Crippen molar-refractivity contribution in [1.29, 1.82) is 0 Å². The van der Waals surface area contributed by atoms with Crippen molar-refractivity contribution < 1.29 is 19.0 Å². The second-order valence-electron chi connectivity index (χ2n) is 9.03. The summed E-state index contributed by atoms with van der Waals surface area (Å²) in [6, 6.07) is 3.12. The fourth-order valence-electron chi connectivity index (χ4n) is 4.45. The summed E-state index contributed by atoms with van der Waals surface area (Å²) >= 11 is 6.22. The first-order chi connectivity index (χ1) is 16.3. The van der Waals surface area contributed by atoms with E-state index in [4.69, 9.17) is 26.8 Å². The van der Waals surface area contributed by atoms with Gasteiger partial charge in [-0.05, 0) is 42.9 Å². The van der Waals surface area contributed by atoms with Crippen LogP contribution in [0.3, 0.4) is 0 Å². The normalized spacial score (nSPS) is 20.4. The highest BCUT2D eigenvalue weighted by Gasteiger charge is 2.37. The van der Waals surface area contributed by atoms with E-state index < -0.39 is 11.4 Å². The van der Waals surface area contributed by atoms with Crippen LogP contribution in [0.15, 0.2) is 24.5 Å². The van der Waals surface area contributed by atoms with Gasteiger partial charge in [0, 0.05) is 49.0 Å². The Labute approximate surface area is 203 Å². The van der Waals surface area contributed by atoms with Gasteiger partial charge in [-0.2, -0.15) is 0 Å². The molecule has 0 bridgehead atoms. The quantitative estimate of drug-likeness (QED) is 0.535. The Morgan fingerprint density at radius 2 is 1.85 bits per heavy atom. The zero-order valence-corrected chi connectivity index (χ0v) is 20.2. The van der Waals surface area contributed by atoms with Crippen molar-refractivity contribution in [3.05, 3.63) is 46.5 Å². The van der Waals surface area contributed by atoms with Gasteiger partial charge in [0.05, 0.1) is 23.5 Å². The first kappa shape index (κ1) is 24.7. The van der Waals surface area contributed by atoms with Crippen molar-refractivity contribution in [3.63, 3.8) is 0 Å². The Morgan fingerprint density at radius 3 is 2.44 bits per heavy atom. The van der Waals surface area contributed by atoms with Gasteiger partial charge in [-0.1, -0.05) is 25.4 Å². The van der Waals surface area contributed by atoms with E-state index in [1.54, 1.807) is 12.3 Å². The van der Waals surface area contributed by atoms with Gasteiger partial charge in [0.2, 0.25) is 5.95 Å². The highest BCUT2D eigenvalue weighted by atomic mass is 35.5. The summed E-state index contributed by atoms with van der Waals surface area (Å²) in [4.78, 5) is 12.3. The number of rotatable bonds is 3. The molecule has 34 heavy (non-hydrogen) atoms. The Morgan fingerprint density at radius 1 is 1.09 bits per heavy atom. The summed E-state index contributed by atoms with van der Waals surface area (Å²) < 4.78 is 25.4. The minimum Gasteiger partial charge on any atom is -0.383 e. The van der Waals surface area contributed by atoms with Gasteiger partial charge in [0.15, 0.2) is 0 Å². The van der Waals surface area contributed by atoms with Crippen LogP contribution in [-0.2, 0) is 15.1 Å². The van der Waals surface area contributed by atoms with Crippen LogP contribution in [0.25, 0.3) is 22.2 Å². The highest BCUT2D eigenvalue weighted by Crippen LogP contribution is 2.40. The van der Waals surface area contributed by atoms with Crippen LogP contribution in [0.4, 0.5) is 10.3 Å². The van der Waals surface area contributed by atoms with Crippen molar-refractivity contribution in [3.8, 4) is 11.3 Å². The average Bonchev–Trinajstić information content (AvgIpc) is 3.28. The van der Waals surface area contributed by atoms with Crippen LogP contribution in [0.2, 0.25) is 5.02 Å². The standard InChI is InChI=1S/C20H20ClFN4O2.C5H10O/c1-10(2)16-12-5-11(17-14(21)8-25-19(23)26-17)6-15(22)18(12)24-7-13(16)20(27)3-4-28-9-20;1-2-4-6-5-3-1/h5-8,10,27H,3-4,9H2,1-2H3,(H2,23,25,26);1-5H2. The summed E-state index contributed by atoms with van der Waals surface area (Å²) in [5.74, 6) is -0.428. The minimum atomic E-state index is -1.13. The fourth-order valence-corrected chi connectivity index (χ4v) is 4.65. The number of aromatic nitrogens is 3. The topological polar surface area (TPSA) is 103 Å². The molecule has 2 saturated heterocycles. The zero-order valence-electron chi connectivity index (χ0n) is 19.5. The van der Waals surface area contributed by atoms with E-state index in [-0.39, 0.29) is 29.0 Å². The minimum absolute atomic E-state index is 0.0192. The number of anilines is 1. The molecule has 0 saturated carbocycles. The van der Waals surface area contributed by atoms with Crippen LogP contribution < -0.4 is 5.73 Å². The summed E-state index contributed by atoms with van der Waals surface area (Å²) in [7, 11) is 0. The number of nitrogens with two attached hydrogens (primary N) is 1. The molecule has 9 heteroatoms. The molecule has 3 N–H and O–H groups in total. The van der Waals surface area contributed by atoms with Gasteiger partial charge in [-0.25, -0.2) is 14.4 Å². The lowest BCUT2D eigenvalue weighted by atomic mass is 9.84. The van der Waals surface area contributed by atoms with Crippen LogP contribution in [0, 0.1) is 5.82 Å². The van der Waals surface area contributed by atoms with Gasteiger partial charge in [-0.3, -0.25) is 4.98 Å². The first-order valence-corrected chi connectivity index (χ1v) is 12.0.